The Bertz CT molecular complexity index is 390. The van der Waals surface area contributed by atoms with Crippen LogP contribution in [0.2, 0.25) is 0 Å². The summed E-state index contributed by atoms with van der Waals surface area (Å²) in [7, 11) is 0. The first-order valence-corrected chi connectivity index (χ1v) is 5.03. The summed E-state index contributed by atoms with van der Waals surface area (Å²) in [6.07, 6.45) is 0. The number of amidine groups is 1. The highest BCUT2D eigenvalue weighted by Gasteiger charge is 2.17. The highest BCUT2D eigenvalue weighted by atomic mass is 19.1. The van der Waals surface area contributed by atoms with Gasteiger partial charge in [0.05, 0.1) is 18.7 Å². The van der Waals surface area contributed by atoms with Gasteiger partial charge in [0, 0.05) is 6.54 Å². The molecule has 80 valence electrons. The van der Waals surface area contributed by atoms with Crippen LogP contribution in [0, 0.1) is 5.82 Å². The minimum atomic E-state index is -0.297. The second-order valence-electron chi connectivity index (χ2n) is 3.20. The zero-order valence-corrected chi connectivity index (χ0v) is 8.59. The molecule has 1 aromatic carbocycles. The van der Waals surface area contributed by atoms with Gasteiger partial charge in [-0.3, -0.25) is 4.99 Å². The topological polar surface area (TPSA) is 33.6 Å². The molecule has 0 saturated carbocycles. The van der Waals surface area contributed by atoms with Crippen molar-refractivity contribution in [1.29, 1.82) is 0 Å². The Labute approximate surface area is 88.0 Å². The molecule has 1 N–H and O–H groups in total. The summed E-state index contributed by atoms with van der Waals surface area (Å²) in [6, 6.07) is 4.81. The molecule has 1 aliphatic rings. The van der Waals surface area contributed by atoms with E-state index in [2.05, 4.69) is 10.3 Å². The van der Waals surface area contributed by atoms with Crippen molar-refractivity contribution in [2.24, 2.45) is 4.99 Å². The molecule has 0 aliphatic carbocycles. The van der Waals surface area contributed by atoms with E-state index in [0.717, 1.165) is 6.54 Å². The summed E-state index contributed by atoms with van der Waals surface area (Å²) >= 11 is 0. The Morgan fingerprint density at radius 2 is 2.40 bits per heavy atom. The lowest BCUT2D eigenvalue weighted by Crippen LogP contribution is -2.21. The normalized spacial score (nSPS) is 14.7. The fraction of sp³-hybridized carbons (Fsp3) is 0.364. The van der Waals surface area contributed by atoms with Crippen molar-refractivity contribution in [3.63, 3.8) is 0 Å². The van der Waals surface area contributed by atoms with Gasteiger partial charge in [-0.05, 0) is 19.1 Å². The number of hydrogen-bond acceptors (Lipinski definition) is 3. The van der Waals surface area contributed by atoms with Gasteiger partial charge in [0.2, 0.25) is 0 Å². The van der Waals surface area contributed by atoms with Gasteiger partial charge in [-0.1, -0.05) is 6.07 Å². The average Bonchev–Trinajstić information content (AvgIpc) is 2.71. The highest BCUT2D eigenvalue weighted by molar-refractivity contribution is 6.02. The number of hydrogen-bond donors (Lipinski definition) is 1. The third kappa shape index (κ3) is 1.93. The van der Waals surface area contributed by atoms with Crippen LogP contribution in [0.15, 0.2) is 23.2 Å². The number of rotatable bonds is 3. The molecule has 4 heteroatoms. The minimum absolute atomic E-state index is 0.297. The molecule has 0 saturated heterocycles. The molecule has 0 radical (unpaired) electrons. The summed E-state index contributed by atoms with van der Waals surface area (Å²) in [6.45, 7) is 3.84. The summed E-state index contributed by atoms with van der Waals surface area (Å²) < 4.78 is 19.0. The molecular weight excluding hydrogens is 195 g/mol. The van der Waals surface area contributed by atoms with Gasteiger partial charge in [-0.25, -0.2) is 4.39 Å². The van der Waals surface area contributed by atoms with Crippen LogP contribution in [0.5, 0.6) is 5.75 Å². The standard InChI is InChI=1S/C11H13FN2O/c1-2-15-9-5-3-4-8(12)10(9)11-13-6-7-14-11/h3-5H,2,6-7H2,1H3,(H,13,14). The van der Waals surface area contributed by atoms with Crippen molar-refractivity contribution in [2.75, 3.05) is 19.7 Å². The maximum atomic E-state index is 13.6. The Hall–Kier alpha value is -1.58. The van der Waals surface area contributed by atoms with Crippen LogP contribution in [0.25, 0.3) is 0 Å². The van der Waals surface area contributed by atoms with Crippen LogP contribution < -0.4 is 10.1 Å². The highest BCUT2D eigenvalue weighted by Crippen LogP contribution is 2.22. The van der Waals surface area contributed by atoms with Crippen molar-refractivity contribution in [2.45, 2.75) is 6.92 Å². The Morgan fingerprint density at radius 3 is 3.07 bits per heavy atom. The molecule has 0 bridgehead atoms. The maximum absolute atomic E-state index is 13.6. The average molecular weight is 208 g/mol. The van der Waals surface area contributed by atoms with Crippen LogP contribution in [-0.2, 0) is 0 Å². The zero-order chi connectivity index (χ0) is 10.7. The molecular formula is C11H13FN2O. The molecule has 3 nitrogen and oxygen atoms in total. The van der Waals surface area contributed by atoms with Crippen molar-refractivity contribution < 1.29 is 9.13 Å². The fourth-order valence-corrected chi connectivity index (χ4v) is 1.58. The van der Waals surface area contributed by atoms with Crippen LogP contribution in [0.1, 0.15) is 12.5 Å². The summed E-state index contributed by atoms with van der Waals surface area (Å²) in [5, 5.41) is 3.04. The molecule has 2 rings (SSSR count). The van der Waals surface area contributed by atoms with Crippen molar-refractivity contribution in [1.82, 2.24) is 5.32 Å². The van der Waals surface area contributed by atoms with E-state index in [9.17, 15) is 4.39 Å². The van der Waals surface area contributed by atoms with Crippen LogP contribution in [0.4, 0.5) is 4.39 Å². The van der Waals surface area contributed by atoms with E-state index in [0.29, 0.717) is 30.3 Å². The molecule has 0 amide bonds. The quantitative estimate of drug-likeness (QED) is 0.818. The third-order valence-electron chi connectivity index (χ3n) is 2.19. The van der Waals surface area contributed by atoms with Crippen LogP contribution in [0.3, 0.4) is 0 Å². The van der Waals surface area contributed by atoms with Crippen molar-refractivity contribution >= 4 is 5.84 Å². The van der Waals surface area contributed by atoms with E-state index >= 15 is 0 Å². The Morgan fingerprint density at radius 1 is 1.53 bits per heavy atom. The fourth-order valence-electron chi connectivity index (χ4n) is 1.58. The van der Waals surface area contributed by atoms with E-state index in [1.54, 1.807) is 12.1 Å². The molecule has 0 atom stereocenters. The van der Waals surface area contributed by atoms with Gasteiger partial charge in [0.15, 0.2) is 0 Å². The van der Waals surface area contributed by atoms with Gasteiger partial charge in [0.1, 0.15) is 17.4 Å². The van der Waals surface area contributed by atoms with E-state index in [4.69, 9.17) is 4.74 Å². The molecule has 1 aromatic rings. The number of aliphatic imine (C=N–C) groups is 1. The molecule has 0 aromatic heterocycles. The van der Waals surface area contributed by atoms with Gasteiger partial charge in [0.25, 0.3) is 0 Å². The van der Waals surface area contributed by atoms with E-state index < -0.39 is 0 Å². The predicted molar refractivity (Wildman–Crippen MR) is 57.0 cm³/mol. The maximum Gasteiger partial charge on any atom is 0.137 e. The minimum Gasteiger partial charge on any atom is -0.493 e. The molecule has 0 unspecified atom stereocenters. The lowest BCUT2D eigenvalue weighted by molar-refractivity contribution is 0.337. The first kappa shape index (κ1) is 9.96. The van der Waals surface area contributed by atoms with E-state index in [1.807, 2.05) is 6.92 Å². The molecule has 1 aliphatic heterocycles. The lowest BCUT2D eigenvalue weighted by atomic mass is 10.1. The molecule has 0 fully saturated rings. The van der Waals surface area contributed by atoms with Crippen LogP contribution >= 0.6 is 0 Å². The van der Waals surface area contributed by atoms with Crippen molar-refractivity contribution in [3.8, 4) is 5.75 Å². The van der Waals surface area contributed by atoms with Crippen molar-refractivity contribution in [3.05, 3.63) is 29.6 Å². The van der Waals surface area contributed by atoms with Gasteiger partial charge >= 0.3 is 0 Å². The van der Waals surface area contributed by atoms with Gasteiger partial charge < -0.3 is 10.1 Å². The first-order chi connectivity index (χ1) is 7.33. The summed E-state index contributed by atoms with van der Waals surface area (Å²) in [5.74, 6) is 0.844. The number of nitrogens with one attached hydrogen (secondary N) is 1. The Balaban J connectivity index is 2.42. The number of benzene rings is 1. The zero-order valence-electron chi connectivity index (χ0n) is 8.59. The third-order valence-corrected chi connectivity index (χ3v) is 2.19. The lowest BCUT2D eigenvalue weighted by Gasteiger charge is -2.10. The number of nitrogens with zero attached hydrogens (tertiary/aromatic N) is 1. The molecule has 15 heavy (non-hydrogen) atoms. The second-order valence-corrected chi connectivity index (χ2v) is 3.20. The van der Waals surface area contributed by atoms with Gasteiger partial charge in [-0.2, -0.15) is 0 Å². The van der Waals surface area contributed by atoms with Crippen LogP contribution in [-0.4, -0.2) is 25.5 Å². The second kappa shape index (κ2) is 4.29. The Kier molecular flexibility index (Phi) is 2.85. The predicted octanol–water partition coefficient (Wildman–Crippen LogP) is 1.57. The van der Waals surface area contributed by atoms with E-state index in [-0.39, 0.29) is 5.82 Å². The largest absolute Gasteiger partial charge is 0.493 e. The number of halogens is 1. The number of ether oxygens (including phenoxy) is 1. The summed E-state index contributed by atoms with van der Waals surface area (Å²) in [5.41, 5.74) is 0.442. The molecule has 1 heterocycles. The SMILES string of the molecule is CCOc1cccc(F)c1C1=NCCN1. The van der Waals surface area contributed by atoms with Gasteiger partial charge in [-0.15, -0.1) is 0 Å². The monoisotopic (exact) mass is 208 g/mol. The smallest absolute Gasteiger partial charge is 0.137 e. The first-order valence-electron chi connectivity index (χ1n) is 5.03. The summed E-state index contributed by atoms with van der Waals surface area (Å²) in [4.78, 5) is 4.20. The molecule has 0 spiro atoms. The van der Waals surface area contributed by atoms with E-state index in [1.165, 1.54) is 6.07 Å².